The number of ether oxygens (including phenoxy) is 1. The van der Waals surface area contributed by atoms with Gasteiger partial charge in [-0.15, -0.1) is 0 Å². The summed E-state index contributed by atoms with van der Waals surface area (Å²) in [6, 6.07) is 8.49. The fraction of sp³-hybridized carbons (Fsp3) is 0.176. The van der Waals surface area contributed by atoms with Crippen LogP contribution in [0.15, 0.2) is 40.9 Å². The summed E-state index contributed by atoms with van der Waals surface area (Å²) in [7, 11) is 0. The first-order valence-electron chi connectivity index (χ1n) is 7.49. The topological polar surface area (TPSA) is 67.4 Å². The predicted octanol–water partition coefficient (Wildman–Crippen LogP) is 4.52. The van der Waals surface area contributed by atoms with Crippen LogP contribution in [0.4, 0.5) is 4.39 Å². The Balaban J connectivity index is 1.71. The van der Waals surface area contributed by atoms with Gasteiger partial charge in [-0.25, -0.2) is 4.39 Å². The SMILES string of the molecule is O=C(CCCOc1ccc(Cl)cc1Cl)NNC(=O)c1ccc(F)cc1Br. The molecule has 5 nitrogen and oxygen atoms in total. The summed E-state index contributed by atoms with van der Waals surface area (Å²) >= 11 is 14.9. The van der Waals surface area contributed by atoms with E-state index in [-0.39, 0.29) is 29.0 Å². The van der Waals surface area contributed by atoms with Crippen LogP contribution in [0.25, 0.3) is 0 Å². The first-order valence-corrected chi connectivity index (χ1v) is 9.04. The first kappa shape index (κ1) is 20.5. The van der Waals surface area contributed by atoms with E-state index in [2.05, 4.69) is 26.8 Å². The van der Waals surface area contributed by atoms with Gasteiger partial charge < -0.3 is 4.74 Å². The molecule has 0 aromatic heterocycles. The molecule has 0 aliphatic rings. The molecule has 0 aliphatic heterocycles. The smallest absolute Gasteiger partial charge is 0.270 e. The largest absolute Gasteiger partial charge is 0.492 e. The minimum Gasteiger partial charge on any atom is -0.492 e. The zero-order chi connectivity index (χ0) is 19.1. The van der Waals surface area contributed by atoms with E-state index in [1.165, 1.54) is 6.07 Å². The van der Waals surface area contributed by atoms with Gasteiger partial charge in [-0.05, 0) is 58.7 Å². The molecule has 2 aromatic carbocycles. The van der Waals surface area contributed by atoms with Crippen molar-refractivity contribution < 1.29 is 18.7 Å². The Hall–Kier alpha value is -1.83. The molecular formula is C17H14BrCl2FN2O3. The molecule has 9 heteroatoms. The maximum atomic E-state index is 13.0. The highest BCUT2D eigenvalue weighted by molar-refractivity contribution is 9.10. The Morgan fingerprint density at radius 1 is 1.12 bits per heavy atom. The van der Waals surface area contributed by atoms with Gasteiger partial charge in [-0.1, -0.05) is 23.2 Å². The quantitative estimate of drug-likeness (QED) is 0.489. The maximum absolute atomic E-state index is 13.0. The Morgan fingerprint density at radius 3 is 2.58 bits per heavy atom. The van der Waals surface area contributed by atoms with E-state index in [1.54, 1.807) is 18.2 Å². The number of rotatable bonds is 6. The average molecular weight is 464 g/mol. The van der Waals surface area contributed by atoms with Crippen LogP contribution in [0.1, 0.15) is 23.2 Å². The molecule has 138 valence electrons. The van der Waals surface area contributed by atoms with Crippen LogP contribution in [0.2, 0.25) is 10.0 Å². The van der Waals surface area contributed by atoms with Crippen LogP contribution in [-0.4, -0.2) is 18.4 Å². The third-order valence-electron chi connectivity index (χ3n) is 3.19. The number of hydrogen-bond donors (Lipinski definition) is 2. The highest BCUT2D eigenvalue weighted by atomic mass is 79.9. The van der Waals surface area contributed by atoms with Crippen LogP contribution >= 0.6 is 39.1 Å². The van der Waals surface area contributed by atoms with E-state index in [9.17, 15) is 14.0 Å². The fourth-order valence-electron chi connectivity index (χ4n) is 1.94. The summed E-state index contributed by atoms with van der Waals surface area (Å²) in [6.45, 7) is 0.270. The average Bonchev–Trinajstić information content (AvgIpc) is 2.58. The monoisotopic (exact) mass is 462 g/mol. The summed E-state index contributed by atoms with van der Waals surface area (Å²) < 4.78 is 18.8. The Kier molecular flexibility index (Phi) is 7.68. The Labute approximate surface area is 167 Å². The van der Waals surface area contributed by atoms with Crippen molar-refractivity contribution in [2.75, 3.05) is 6.61 Å². The van der Waals surface area contributed by atoms with E-state index in [1.807, 2.05) is 0 Å². The van der Waals surface area contributed by atoms with Crippen molar-refractivity contribution in [3.05, 3.63) is 62.3 Å². The molecule has 0 aliphatic carbocycles. The number of hydrogen-bond acceptors (Lipinski definition) is 3. The third kappa shape index (κ3) is 6.16. The third-order valence-corrected chi connectivity index (χ3v) is 4.38. The van der Waals surface area contributed by atoms with Crippen LogP contribution in [0, 0.1) is 5.82 Å². The molecule has 0 bridgehead atoms. The molecule has 0 saturated carbocycles. The molecule has 0 unspecified atom stereocenters. The van der Waals surface area contributed by atoms with E-state index in [0.29, 0.717) is 22.2 Å². The number of nitrogens with one attached hydrogen (secondary N) is 2. The number of amides is 2. The molecule has 2 amide bonds. The number of benzene rings is 2. The lowest BCUT2D eigenvalue weighted by Crippen LogP contribution is -2.41. The Morgan fingerprint density at radius 2 is 1.88 bits per heavy atom. The van der Waals surface area contributed by atoms with Crippen molar-refractivity contribution in [1.29, 1.82) is 0 Å². The molecule has 2 aromatic rings. The molecular weight excluding hydrogens is 450 g/mol. The van der Waals surface area contributed by atoms with Gasteiger partial charge in [-0.3, -0.25) is 20.4 Å². The van der Waals surface area contributed by atoms with Crippen molar-refractivity contribution in [2.24, 2.45) is 0 Å². The second kappa shape index (κ2) is 9.75. The summed E-state index contributed by atoms with van der Waals surface area (Å²) in [5.74, 6) is -0.944. The fourth-order valence-corrected chi connectivity index (χ4v) is 2.93. The van der Waals surface area contributed by atoms with Crippen molar-refractivity contribution in [1.82, 2.24) is 10.9 Å². The maximum Gasteiger partial charge on any atom is 0.270 e. The molecule has 0 spiro atoms. The van der Waals surface area contributed by atoms with Crippen molar-refractivity contribution >= 4 is 50.9 Å². The van der Waals surface area contributed by atoms with Gasteiger partial charge in [0, 0.05) is 15.9 Å². The number of halogens is 4. The molecule has 0 saturated heterocycles. The number of carbonyl (C=O) groups excluding carboxylic acids is 2. The molecule has 0 fully saturated rings. The molecule has 0 heterocycles. The van der Waals surface area contributed by atoms with E-state index in [0.717, 1.165) is 12.1 Å². The normalized spacial score (nSPS) is 10.3. The summed E-state index contributed by atoms with van der Waals surface area (Å²) in [5.41, 5.74) is 4.75. The Bertz CT molecular complexity index is 821. The van der Waals surface area contributed by atoms with Crippen molar-refractivity contribution in [3.8, 4) is 5.75 Å². The highest BCUT2D eigenvalue weighted by Gasteiger charge is 2.11. The molecule has 0 atom stereocenters. The van der Waals surface area contributed by atoms with Gasteiger partial charge >= 0.3 is 0 Å². The predicted molar refractivity (Wildman–Crippen MR) is 101 cm³/mol. The van der Waals surface area contributed by atoms with E-state index in [4.69, 9.17) is 27.9 Å². The van der Waals surface area contributed by atoms with Gasteiger partial charge in [0.15, 0.2) is 0 Å². The van der Waals surface area contributed by atoms with Crippen LogP contribution in [0.3, 0.4) is 0 Å². The number of hydrazine groups is 1. The summed E-state index contributed by atoms with van der Waals surface area (Å²) in [5, 5.41) is 0.893. The van der Waals surface area contributed by atoms with Crippen LogP contribution < -0.4 is 15.6 Å². The van der Waals surface area contributed by atoms with Gasteiger partial charge in [0.25, 0.3) is 5.91 Å². The zero-order valence-electron chi connectivity index (χ0n) is 13.3. The first-order chi connectivity index (χ1) is 12.4. The van der Waals surface area contributed by atoms with Gasteiger partial charge in [-0.2, -0.15) is 0 Å². The molecule has 2 N–H and O–H groups in total. The number of carbonyl (C=O) groups is 2. The zero-order valence-corrected chi connectivity index (χ0v) is 16.4. The van der Waals surface area contributed by atoms with Crippen molar-refractivity contribution in [3.63, 3.8) is 0 Å². The van der Waals surface area contributed by atoms with Gasteiger partial charge in [0.2, 0.25) is 5.91 Å². The lowest BCUT2D eigenvalue weighted by Gasteiger charge is -2.10. The summed E-state index contributed by atoms with van der Waals surface area (Å²) in [4.78, 5) is 23.7. The van der Waals surface area contributed by atoms with E-state index < -0.39 is 11.7 Å². The lowest BCUT2D eigenvalue weighted by atomic mass is 10.2. The van der Waals surface area contributed by atoms with Crippen LogP contribution in [0.5, 0.6) is 5.75 Å². The second-order valence-electron chi connectivity index (χ2n) is 5.15. The lowest BCUT2D eigenvalue weighted by molar-refractivity contribution is -0.122. The molecule has 26 heavy (non-hydrogen) atoms. The standard InChI is InChI=1S/C17H14BrCl2FN2O3/c18-13-9-11(21)4-5-12(13)17(25)23-22-16(24)2-1-7-26-15-6-3-10(19)8-14(15)20/h3-6,8-9H,1-2,7H2,(H,22,24)(H,23,25). The summed E-state index contributed by atoms with van der Waals surface area (Å²) in [6.07, 6.45) is 0.553. The minimum atomic E-state index is -0.561. The van der Waals surface area contributed by atoms with Crippen LogP contribution in [-0.2, 0) is 4.79 Å². The van der Waals surface area contributed by atoms with Gasteiger partial charge in [0.05, 0.1) is 17.2 Å². The molecule has 0 radical (unpaired) electrons. The highest BCUT2D eigenvalue weighted by Crippen LogP contribution is 2.27. The van der Waals surface area contributed by atoms with Crippen molar-refractivity contribution in [2.45, 2.75) is 12.8 Å². The second-order valence-corrected chi connectivity index (χ2v) is 6.85. The van der Waals surface area contributed by atoms with Gasteiger partial charge in [0.1, 0.15) is 11.6 Å². The molecule has 2 rings (SSSR count). The minimum absolute atomic E-state index is 0.135. The van der Waals surface area contributed by atoms with E-state index >= 15 is 0 Å².